The van der Waals surface area contributed by atoms with Gasteiger partial charge in [-0.1, -0.05) is 24.3 Å². The Morgan fingerprint density at radius 3 is 2.38 bits per heavy atom. The Balaban J connectivity index is 1.25. The molecular formula is C34H31F2N3O6. The van der Waals surface area contributed by atoms with Crippen LogP contribution in [0.4, 0.5) is 8.78 Å². The molecule has 11 heteroatoms. The number of alkyl halides is 2. The summed E-state index contributed by atoms with van der Waals surface area (Å²) in [6.07, 6.45) is 1.92. The lowest BCUT2D eigenvalue weighted by molar-refractivity contribution is -0.142. The molecule has 0 radical (unpaired) electrons. The first kappa shape index (κ1) is 29.1. The van der Waals surface area contributed by atoms with Crippen molar-refractivity contribution in [2.24, 2.45) is 0 Å². The number of rotatable bonds is 8. The number of benzene rings is 3. The minimum Gasteiger partial charge on any atom is -0.480 e. The quantitative estimate of drug-likeness (QED) is 0.194. The fourth-order valence-corrected chi connectivity index (χ4v) is 6.42. The van der Waals surface area contributed by atoms with Crippen molar-refractivity contribution in [1.29, 1.82) is 0 Å². The molecule has 0 aliphatic carbocycles. The highest BCUT2D eigenvalue weighted by atomic mass is 19.3. The number of carboxylic acid groups (broad SMARTS) is 1. The molecule has 9 nitrogen and oxygen atoms in total. The van der Waals surface area contributed by atoms with Gasteiger partial charge in [0, 0.05) is 35.7 Å². The summed E-state index contributed by atoms with van der Waals surface area (Å²) in [7, 11) is 0. The third-order valence-corrected chi connectivity index (χ3v) is 8.72. The lowest BCUT2D eigenvalue weighted by Crippen LogP contribution is -2.35. The van der Waals surface area contributed by atoms with Crippen molar-refractivity contribution in [2.45, 2.75) is 58.9 Å². The van der Waals surface area contributed by atoms with Crippen LogP contribution in [0.3, 0.4) is 0 Å². The Labute approximate surface area is 257 Å². The number of carbonyl (C=O) groups is 1. The molecule has 3 aromatic carbocycles. The van der Waals surface area contributed by atoms with E-state index in [-0.39, 0.29) is 12.3 Å². The highest BCUT2D eigenvalue weighted by Gasteiger charge is 2.31. The predicted molar refractivity (Wildman–Crippen MR) is 161 cm³/mol. The largest absolute Gasteiger partial charge is 0.480 e. The maximum atomic E-state index is 13.4. The van der Waals surface area contributed by atoms with Crippen LogP contribution in [0.5, 0.6) is 5.75 Å². The standard InChI is InChI=1S/C34H31F2N3O6/c1-18-21(22-7-4-9-24(19(22)2)32-38-26-17-42-13-11-28(26)43-32)6-3-8-23(18)31-37-25-14-20(16-39-12-5-10-27(39)33(40)41)29(45-34(35)36)15-30(25)44-31/h3-4,6-9,14-15,27,34H,5,10-13,16-17H2,1-2H3,(H,40,41). The molecular weight excluding hydrogens is 584 g/mol. The maximum Gasteiger partial charge on any atom is 0.387 e. The molecule has 1 saturated heterocycles. The summed E-state index contributed by atoms with van der Waals surface area (Å²) in [6.45, 7) is 2.73. The number of carboxylic acids is 1. The van der Waals surface area contributed by atoms with Gasteiger partial charge in [-0.25, -0.2) is 9.97 Å². The van der Waals surface area contributed by atoms with Crippen LogP contribution in [0.1, 0.15) is 41.0 Å². The number of hydrogen-bond acceptors (Lipinski definition) is 8. The van der Waals surface area contributed by atoms with E-state index in [1.807, 2.05) is 50.2 Å². The zero-order valence-corrected chi connectivity index (χ0v) is 24.8. The van der Waals surface area contributed by atoms with Crippen molar-refractivity contribution in [3.63, 3.8) is 0 Å². The van der Waals surface area contributed by atoms with Gasteiger partial charge in [-0.15, -0.1) is 0 Å². The normalized spacial score (nSPS) is 16.9. The first-order chi connectivity index (χ1) is 21.8. The molecule has 2 aromatic heterocycles. The van der Waals surface area contributed by atoms with Gasteiger partial charge < -0.3 is 23.4 Å². The molecule has 1 atom stereocenters. The number of fused-ring (bicyclic) bond motifs is 2. The van der Waals surface area contributed by atoms with Crippen LogP contribution in [0.2, 0.25) is 0 Å². The molecule has 232 valence electrons. The van der Waals surface area contributed by atoms with Gasteiger partial charge in [-0.05, 0) is 73.7 Å². The summed E-state index contributed by atoms with van der Waals surface area (Å²) in [4.78, 5) is 22.9. The predicted octanol–water partition coefficient (Wildman–Crippen LogP) is 7.16. The molecule has 0 amide bonds. The Bertz CT molecular complexity index is 1890. The number of hydrogen-bond donors (Lipinski definition) is 1. The SMILES string of the molecule is Cc1c(-c2nc3c(o2)CCOC3)cccc1-c1cccc(-c2nc3cc(CN4CCCC4C(=O)O)c(OC(F)F)cc3o2)c1C. The highest BCUT2D eigenvalue weighted by molar-refractivity contribution is 5.84. The van der Waals surface area contributed by atoms with Gasteiger partial charge >= 0.3 is 12.6 Å². The van der Waals surface area contributed by atoms with Gasteiger partial charge in [-0.3, -0.25) is 9.69 Å². The van der Waals surface area contributed by atoms with Crippen LogP contribution in [0.15, 0.2) is 57.4 Å². The third kappa shape index (κ3) is 5.46. The molecule has 5 aromatic rings. The number of aromatic nitrogens is 2. The molecule has 7 rings (SSSR count). The van der Waals surface area contributed by atoms with Crippen LogP contribution in [0.25, 0.3) is 45.1 Å². The fraction of sp³-hybridized carbons (Fsp3) is 0.324. The molecule has 2 aliphatic rings. The van der Waals surface area contributed by atoms with E-state index in [0.717, 1.165) is 44.8 Å². The van der Waals surface area contributed by atoms with Crippen molar-refractivity contribution >= 4 is 17.1 Å². The number of halogens is 2. The van der Waals surface area contributed by atoms with Gasteiger partial charge in [0.05, 0.1) is 13.2 Å². The van der Waals surface area contributed by atoms with Crippen LogP contribution in [-0.4, -0.2) is 51.7 Å². The molecule has 4 heterocycles. The summed E-state index contributed by atoms with van der Waals surface area (Å²) in [5.41, 5.74) is 7.58. The van der Waals surface area contributed by atoms with E-state index in [1.54, 1.807) is 11.0 Å². The third-order valence-electron chi connectivity index (χ3n) is 8.72. The van der Waals surface area contributed by atoms with Crippen molar-refractivity contribution in [3.8, 4) is 39.8 Å². The van der Waals surface area contributed by atoms with Crippen molar-refractivity contribution < 1.29 is 37.0 Å². The molecule has 0 bridgehead atoms. The van der Waals surface area contributed by atoms with E-state index < -0.39 is 18.6 Å². The topological polar surface area (TPSA) is 111 Å². The van der Waals surface area contributed by atoms with Crippen LogP contribution < -0.4 is 4.74 Å². The fourth-order valence-electron chi connectivity index (χ4n) is 6.42. The number of likely N-dealkylation sites (tertiary alicyclic amines) is 1. The number of oxazole rings is 2. The summed E-state index contributed by atoms with van der Waals surface area (Å²) < 4.78 is 49.4. The van der Waals surface area contributed by atoms with E-state index in [1.165, 1.54) is 6.07 Å². The van der Waals surface area contributed by atoms with Crippen molar-refractivity contribution in [1.82, 2.24) is 14.9 Å². The lowest BCUT2D eigenvalue weighted by Gasteiger charge is -2.22. The number of ether oxygens (including phenoxy) is 2. The second kappa shape index (κ2) is 11.7. The second-order valence-corrected chi connectivity index (χ2v) is 11.4. The monoisotopic (exact) mass is 615 g/mol. The molecule has 2 aliphatic heterocycles. The average Bonchev–Trinajstić information content (AvgIpc) is 3.76. The summed E-state index contributed by atoms with van der Waals surface area (Å²) in [6, 6.07) is 14.3. The van der Waals surface area contributed by atoms with Crippen LogP contribution in [-0.2, 0) is 29.1 Å². The average molecular weight is 616 g/mol. The van der Waals surface area contributed by atoms with Crippen molar-refractivity contribution in [2.75, 3.05) is 13.2 Å². The summed E-state index contributed by atoms with van der Waals surface area (Å²) >= 11 is 0. The van der Waals surface area contributed by atoms with E-state index in [4.69, 9.17) is 28.3 Å². The van der Waals surface area contributed by atoms with Gasteiger partial charge in [-0.2, -0.15) is 8.78 Å². The van der Waals surface area contributed by atoms with Gasteiger partial charge in [0.2, 0.25) is 11.8 Å². The molecule has 1 unspecified atom stereocenters. The van der Waals surface area contributed by atoms with Crippen LogP contribution >= 0.6 is 0 Å². The lowest BCUT2D eigenvalue weighted by atomic mass is 9.91. The Kier molecular flexibility index (Phi) is 7.58. The van der Waals surface area contributed by atoms with E-state index in [0.29, 0.717) is 67.5 Å². The van der Waals surface area contributed by atoms with Gasteiger partial charge in [0.1, 0.15) is 28.8 Å². The Morgan fingerprint density at radius 1 is 1.02 bits per heavy atom. The first-order valence-electron chi connectivity index (χ1n) is 14.9. The molecule has 45 heavy (non-hydrogen) atoms. The van der Waals surface area contributed by atoms with E-state index in [2.05, 4.69) is 0 Å². The smallest absolute Gasteiger partial charge is 0.387 e. The minimum atomic E-state index is -3.05. The zero-order chi connectivity index (χ0) is 31.2. The molecule has 1 fully saturated rings. The Hall–Kier alpha value is -4.61. The van der Waals surface area contributed by atoms with E-state index >= 15 is 0 Å². The van der Waals surface area contributed by atoms with E-state index in [9.17, 15) is 18.7 Å². The second-order valence-electron chi connectivity index (χ2n) is 11.4. The zero-order valence-electron chi connectivity index (χ0n) is 24.8. The molecule has 1 N–H and O–H groups in total. The highest BCUT2D eigenvalue weighted by Crippen LogP contribution is 2.39. The number of nitrogens with zero attached hydrogens (tertiary/aromatic N) is 3. The van der Waals surface area contributed by atoms with Gasteiger partial charge in [0.15, 0.2) is 5.58 Å². The van der Waals surface area contributed by atoms with Gasteiger partial charge in [0.25, 0.3) is 0 Å². The van der Waals surface area contributed by atoms with Crippen LogP contribution in [0, 0.1) is 13.8 Å². The summed E-state index contributed by atoms with van der Waals surface area (Å²) in [5.74, 6) is 0.775. The maximum absolute atomic E-state index is 13.4. The first-order valence-corrected chi connectivity index (χ1v) is 14.9. The minimum absolute atomic E-state index is 0.0612. The molecule has 0 saturated carbocycles. The summed E-state index contributed by atoms with van der Waals surface area (Å²) in [5, 5.41) is 9.60. The van der Waals surface area contributed by atoms with Crippen molar-refractivity contribution in [3.05, 3.63) is 76.7 Å². The Morgan fingerprint density at radius 2 is 1.71 bits per heavy atom. The number of aliphatic carboxylic acids is 1. The molecule has 0 spiro atoms.